The van der Waals surface area contributed by atoms with Crippen LogP contribution >= 0.6 is 0 Å². The third kappa shape index (κ3) is 3.38. The summed E-state index contributed by atoms with van der Waals surface area (Å²) in [5.74, 6) is 3.65. The van der Waals surface area contributed by atoms with Crippen molar-refractivity contribution in [3.63, 3.8) is 0 Å². The number of hydrogen-bond acceptors (Lipinski definition) is 4. The lowest BCUT2D eigenvalue weighted by Crippen LogP contribution is -2.23. The zero-order chi connectivity index (χ0) is 17.1. The molecule has 0 spiro atoms. The lowest BCUT2D eigenvalue weighted by atomic mass is 9.95. The number of nitrogens with zero attached hydrogens (tertiary/aromatic N) is 2. The second-order valence-electron chi connectivity index (χ2n) is 6.43. The fraction of sp³-hybridized carbons (Fsp3) is 0.286. The van der Waals surface area contributed by atoms with Crippen molar-refractivity contribution < 1.29 is 9.57 Å². The molecule has 0 radical (unpaired) electrons. The van der Waals surface area contributed by atoms with Gasteiger partial charge in [-0.1, -0.05) is 53.5 Å². The molecule has 2 aliphatic heterocycles. The van der Waals surface area contributed by atoms with Crippen LogP contribution in [0.5, 0.6) is 5.75 Å². The Labute approximate surface area is 148 Å². The van der Waals surface area contributed by atoms with Crippen LogP contribution in [0, 0.1) is 18.3 Å². The van der Waals surface area contributed by atoms with Crippen LogP contribution in [0.4, 0.5) is 0 Å². The first kappa shape index (κ1) is 15.7. The first-order valence-electron chi connectivity index (χ1n) is 8.50. The first-order chi connectivity index (χ1) is 12.3. The van der Waals surface area contributed by atoms with Crippen LogP contribution < -0.4 is 4.74 Å². The molecule has 126 valence electrons. The monoisotopic (exact) mass is 332 g/mol. The molecular weight excluding hydrogens is 312 g/mol. The maximum atomic E-state index is 5.69. The summed E-state index contributed by atoms with van der Waals surface area (Å²) < 4.78 is 5.51. The summed E-state index contributed by atoms with van der Waals surface area (Å²) in [5, 5.41) is 4.33. The van der Waals surface area contributed by atoms with Gasteiger partial charge in [-0.3, -0.25) is 4.90 Å². The van der Waals surface area contributed by atoms with Gasteiger partial charge in [0, 0.05) is 19.6 Å². The smallest absolute Gasteiger partial charge is 0.149 e. The van der Waals surface area contributed by atoms with E-state index in [2.05, 4.69) is 40.2 Å². The number of ether oxygens (including phenoxy) is 1. The summed E-state index contributed by atoms with van der Waals surface area (Å²) in [5.41, 5.74) is 3.44. The van der Waals surface area contributed by atoms with Gasteiger partial charge in [0.25, 0.3) is 0 Å². The van der Waals surface area contributed by atoms with Gasteiger partial charge in [0.05, 0.1) is 11.6 Å². The Morgan fingerprint density at radius 2 is 2.04 bits per heavy atom. The fourth-order valence-electron chi connectivity index (χ4n) is 3.54. The molecule has 0 saturated carbocycles. The van der Waals surface area contributed by atoms with E-state index in [1.54, 1.807) is 0 Å². The highest BCUT2D eigenvalue weighted by atomic mass is 16.6. The van der Waals surface area contributed by atoms with Crippen molar-refractivity contribution in [3.05, 3.63) is 65.7 Å². The van der Waals surface area contributed by atoms with E-state index in [0.717, 1.165) is 36.7 Å². The average molecular weight is 332 g/mol. The van der Waals surface area contributed by atoms with Crippen LogP contribution in [-0.2, 0) is 11.4 Å². The molecule has 2 heterocycles. The van der Waals surface area contributed by atoms with Gasteiger partial charge < -0.3 is 9.57 Å². The molecule has 2 aromatic carbocycles. The van der Waals surface area contributed by atoms with Gasteiger partial charge in [-0.25, -0.2) is 0 Å². The maximum Gasteiger partial charge on any atom is 0.149 e. The van der Waals surface area contributed by atoms with E-state index < -0.39 is 0 Å². The molecule has 0 aliphatic carbocycles. The van der Waals surface area contributed by atoms with Crippen LogP contribution in [0.15, 0.2) is 59.8 Å². The summed E-state index contributed by atoms with van der Waals surface area (Å²) in [6, 6.07) is 18.4. The van der Waals surface area contributed by atoms with Crippen molar-refractivity contribution in [2.45, 2.75) is 12.6 Å². The molecule has 2 atom stereocenters. The molecule has 4 rings (SSSR count). The van der Waals surface area contributed by atoms with Gasteiger partial charge in [-0.15, -0.1) is 6.42 Å². The molecule has 4 heteroatoms. The second kappa shape index (κ2) is 7.00. The van der Waals surface area contributed by atoms with E-state index >= 15 is 0 Å². The Morgan fingerprint density at radius 1 is 1.16 bits per heavy atom. The molecule has 2 aromatic rings. The third-order valence-corrected chi connectivity index (χ3v) is 4.68. The topological polar surface area (TPSA) is 34.1 Å². The number of rotatable bonds is 5. The van der Waals surface area contributed by atoms with E-state index in [4.69, 9.17) is 16.0 Å². The number of benzene rings is 2. The van der Waals surface area contributed by atoms with Crippen molar-refractivity contribution in [3.8, 4) is 18.1 Å². The zero-order valence-corrected chi connectivity index (χ0v) is 14.0. The average Bonchev–Trinajstić information content (AvgIpc) is 3.21. The van der Waals surface area contributed by atoms with Gasteiger partial charge in [-0.05, 0) is 23.3 Å². The van der Waals surface area contributed by atoms with Gasteiger partial charge in [0.1, 0.15) is 18.5 Å². The predicted octanol–water partition coefficient (Wildman–Crippen LogP) is 2.93. The van der Waals surface area contributed by atoms with Crippen LogP contribution in [0.1, 0.15) is 11.1 Å². The molecule has 0 aromatic heterocycles. The Kier molecular flexibility index (Phi) is 4.41. The van der Waals surface area contributed by atoms with Crippen molar-refractivity contribution in [1.29, 1.82) is 0 Å². The van der Waals surface area contributed by atoms with Crippen LogP contribution in [0.25, 0.3) is 0 Å². The van der Waals surface area contributed by atoms with Crippen LogP contribution in [0.2, 0.25) is 0 Å². The van der Waals surface area contributed by atoms with E-state index in [-0.39, 0.29) is 6.10 Å². The molecule has 0 amide bonds. The molecular formula is C21H20N2O2. The highest BCUT2D eigenvalue weighted by Crippen LogP contribution is 2.31. The van der Waals surface area contributed by atoms with Gasteiger partial charge in [0.2, 0.25) is 0 Å². The zero-order valence-electron chi connectivity index (χ0n) is 14.0. The van der Waals surface area contributed by atoms with Crippen molar-refractivity contribution >= 4 is 5.71 Å². The Balaban J connectivity index is 1.42. The van der Waals surface area contributed by atoms with E-state index in [9.17, 15) is 0 Å². The van der Waals surface area contributed by atoms with E-state index in [1.807, 2.05) is 30.3 Å². The lowest BCUT2D eigenvalue weighted by molar-refractivity contribution is 0.0745. The second-order valence-corrected chi connectivity index (χ2v) is 6.43. The lowest BCUT2D eigenvalue weighted by Gasteiger charge is -2.17. The number of hydrogen-bond donors (Lipinski definition) is 0. The van der Waals surface area contributed by atoms with Gasteiger partial charge >= 0.3 is 0 Å². The van der Waals surface area contributed by atoms with Crippen molar-refractivity contribution in [2.75, 3.05) is 19.7 Å². The van der Waals surface area contributed by atoms with Gasteiger partial charge in [0.15, 0.2) is 0 Å². The van der Waals surface area contributed by atoms with E-state index in [0.29, 0.717) is 12.5 Å². The van der Waals surface area contributed by atoms with Gasteiger partial charge in [-0.2, -0.15) is 0 Å². The minimum atomic E-state index is 0.149. The summed E-state index contributed by atoms with van der Waals surface area (Å²) in [7, 11) is 0. The normalized spacial score (nSPS) is 22.0. The molecule has 0 N–H and O–H groups in total. The summed E-state index contributed by atoms with van der Waals surface area (Å²) in [6.07, 6.45) is 5.40. The summed E-state index contributed by atoms with van der Waals surface area (Å²) in [6.45, 7) is 3.00. The number of terminal acetylenes is 1. The Hall–Kier alpha value is -2.77. The van der Waals surface area contributed by atoms with Crippen LogP contribution in [-0.4, -0.2) is 36.4 Å². The highest BCUT2D eigenvalue weighted by Gasteiger charge is 2.42. The molecule has 1 fully saturated rings. The molecule has 25 heavy (non-hydrogen) atoms. The molecule has 2 aliphatic rings. The fourth-order valence-corrected chi connectivity index (χ4v) is 3.54. The summed E-state index contributed by atoms with van der Waals surface area (Å²) in [4.78, 5) is 8.10. The molecule has 0 bridgehead atoms. The largest absolute Gasteiger partial charge is 0.481 e. The Morgan fingerprint density at radius 3 is 2.88 bits per heavy atom. The number of likely N-dealkylation sites (tertiary alicyclic amines) is 1. The molecule has 4 nitrogen and oxygen atoms in total. The standard InChI is InChI=1S/C21H20N2O2/c1-2-11-24-18-10-6-7-16(12-18)13-23-14-19-20(15-23)25-22-21(19)17-8-4-3-5-9-17/h1,3-10,12,19-20H,11,13-15H2. The molecule has 2 unspecified atom stereocenters. The van der Waals surface area contributed by atoms with Crippen LogP contribution in [0.3, 0.4) is 0 Å². The molecule has 1 saturated heterocycles. The third-order valence-electron chi connectivity index (χ3n) is 4.68. The predicted molar refractivity (Wildman–Crippen MR) is 97.4 cm³/mol. The Bertz CT molecular complexity index is 810. The summed E-state index contributed by atoms with van der Waals surface area (Å²) >= 11 is 0. The minimum Gasteiger partial charge on any atom is -0.481 e. The van der Waals surface area contributed by atoms with E-state index in [1.165, 1.54) is 5.56 Å². The maximum absolute atomic E-state index is 5.69. The van der Waals surface area contributed by atoms with Crippen molar-refractivity contribution in [2.24, 2.45) is 11.1 Å². The highest BCUT2D eigenvalue weighted by molar-refractivity contribution is 6.03. The number of fused-ring (bicyclic) bond motifs is 1. The SMILES string of the molecule is C#CCOc1cccc(CN2CC3ON=C(c4ccccc4)C3C2)c1. The minimum absolute atomic E-state index is 0.149. The quantitative estimate of drug-likeness (QED) is 0.790. The van der Waals surface area contributed by atoms with Crippen molar-refractivity contribution in [1.82, 2.24) is 4.90 Å². The first-order valence-corrected chi connectivity index (χ1v) is 8.50. The number of oxime groups is 1.